The third-order valence-corrected chi connectivity index (χ3v) is 6.48. The first-order valence-corrected chi connectivity index (χ1v) is 11.4. The fourth-order valence-corrected chi connectivity index (χ4v) is 4.63. The van der Waals surface area contributed by atoms with Gasteiger partial charge in [0.15, 0.2) is 11.5 Å². The summed E-state index contributed by atoms with van der Waals surface area (Å²) >= 11 is 1.28. The molecule has 0 unspecified atom stereocenters. The van der Waals surface area contributed by atoms with Crippen molar-refractivity contribution >= 4 is 17.7 Å². The zero-order valence-corrected chi connectivity index (χ0v) is 17.8. The Balaban J connectivity index is 1.11. The summed E-state index contributed by atoms with van der Waals surface area (Å²) in [5, 5.41) is 8.55. The Morgan fingerprint density at radius 3 is 2.68 bits per heavy atom. The molecule has 3 aromatic rings. The molecule has 2 aromatic carbocycles. The minimum atomic E-state index is 0.117. The summed E-state index contributed by atoms with van der Waals surface area (Å²) < 4.78 is 16.4. The van der Waals surface area contributed by atoms with Crippen LogP contribution in [0.5, 0.6) is 11.5 Å². The van der Waals surface area contributed by atoms with Crippen LogP contribution in [0.15, 0.2) is 58.2 Å². The lowest BCUT2D eigenvalue weighted by molar-refractivity contribution is -0.129. The van der Waals surface area contributed by atoms with E-state index in [2.05, 4.69) is 34.5 Å². The van der Waals surface area contributed by atoms with Gasteiger partial charge in [-0.25, -0.2) is 0 Å². The SMILES string of the molecule is O=C(CSc1nnc(-c2ccc3c(c2)OCO3)o1)N1CCC(Cc2ccccc2)CC1. The van der Waals surface area contributed by atoms with Crippen molar-refractivity contribution in [2.45, 2.75) is 24.5 Å². The number of rotatable bonds is 6. The van der Waals surface area contributed by atoms with Crippen molar-refractivity contribution in [2.75, 3.05) is 25.6 Å². The molecule has 2 aliphatic rings. The first-order chi connectivity index (χ1) is 15.2. The summed E-state index contributed by atoms with van der Waals surface area (Å²) in [5.41, 5.74) is 2.13. The number of fused-ring (bicyclic) bond motifs is 1. The van der Waals surface area contributed by atoms with Gasteiger partial charge < -0.3 is 18.8 Å². The van der Waals surface area contributed by atoms with Crippen LogP contribution in [-0.4, -0.2) is 46.6 Å². The number of nitrogens with zero attached hydrogens (tertiary/aromatic N) is 3. The van der Waals surface area contributed by atoms with Crippen LogP contribution in [0.4, 0.5) is 0 Å². The molecule has 1 fully saturated rings. The van der Waals surface area contributed by atoms with Gasteiger partial charge in [0.2, 0.25) is 18.6 Å². The van der Waals surface area contributed by atoms with E-state index in [0.717, 1.165) is 37.9 Å². The van der Waals surface area contributed by atoms with Crippen LogP contribution < -0.4 is 9.47 Å². The second kappa shape index (κ2) is 9.01. The summed E-state index contributed by atoms with van der Waals surface area (Å²) in [4.78, 5) is 14.6. The molecule has 0 aliphatic carbocycles. The van der Waals surface area contributed by atoms with Gasteiger partial charge in [-0.2, -0.15) is 0 Å². The quantitative estimate of drug-likeness (QED) is 0.539. The Labute approximate surface area is 184 Å². The summed E-state index contributed by atoms with van der Waals surface area (Å²) in [6, 6.07) is 16.0. The lowest BCUT2D eigenvalue weighted by atomic mass is 9.90. The largest absolute Gasteiger partial charge is 0.454 e. The molecular weight excluding hydrogens is 414 g/mol. The topological polar surface area (TPSA) is 77.7 Å². The van der Waals surface area contributed by atoms with Crippen LogP contribution in [0.2, 0.25) is 0 Å². The van der Waals surface area contributed by atoms with Crippen molar-refractivity contribution in [2.24, 2.45) is 5.92 Å². The van der Waals surface area contributed by atoms with Crippen LogP contribution in [0.25, 0.3) is 11.5 Å². The highest BCUT2D eigenvalue weighted by atomic mass is 32.2. The van der Waals surface area contributed by atoms with Gasteiger partial charge in [0.1, 0.15) is 0 Å². The van der Waals surface area contributed by atoms with Crippen LogP contribution in [0, 0.1) is 5.92 Å². The zero-order valence-electron chi connectivity index (χ0n) is 17.0. The predicted octanol–water partition coefficient (Wildman–Crippen LogP) is 4.04. The van der Waals surface area contributed by atoms with Gasteiger partial charge in [0.05, 0.1) is 5.75 Å². The Kier molecular flexibility index (Phi) is 5.80. The molecule has 8 heteroatoms. The molecule has 31 heavy (non-hydrogen) atoms. The smallest absolute Gasteiger partial charge is 0.277 e. The fraction of sp³-hybridized carbons (Fsp3) is 0.348. The van der Waals surface area contributed by atoms with Crippen molar-refractivity contribution in [3.63, 3.8) is 0 Å². The van der Waals surface area contributed by atoms with E-state index < -0.39 is 0 Å². The third-order valence-electron chi connectivity index (χ3n) is 5.68. The number of ether oxygens (including phenoxy) is 2. The Morgan fingerprint density at radius 1 is 1.03 bits per heavy atom. The number of thioether (sulfide) groups is 1. The molecule has 1 aromatic heterocycles. The molecule has 3 heterocycles. The number of likely N-dealkylation sites (tertiary alicyclic amines) is 1. The van der Waals surface area contributed by atoms with Crippen molar-refractivity contribution in [1.82, 2.24) is 15.1 Å². The molecule has 7 nitrogen and oxygen atoms in total. The predicted molar refractivity (Wildman–Crippen MR) is 116 cm³/mol. The van der Waals surface area contributed by atoms with E-state index in [1.807, 2.05) is 29.2 Å². The standard InChI is InChI=1S/C23H23N3O4S/c27-21(26-10-8-17(9-11-26)12-16-4-2-1-3-5-16)14-31-23-25-24-22(30-23)18-6-7-19-20(13-18)29-15-28-19/h1-7,13,17H,8-12,14-15H2. The number of hydrogen-bond donors (Lipinski definition) is 0. The summed E-state index contributed by atoms with van der Waals surface area (Å²) in [5.74, 6) is 2.82. The van der Waals surface area contributed by atoms with Crippen molar-refractivity contribution in [1.29, 1.82) is 0 Å². The summed E-state index contributed by atoms with van der Waals surface area (Å²) in [7, 11) is 0. The maximum Gasteiger partial charge on any atom is 0.277 e. The number of aromatic nitrogens is 2. The van der Waals surface area contributed by atoms with E-state index >= 15 is 0 Å². The molecule has 2 aliphatic heterocycles. The van der Waals surface area contributed by atoms with Gasteiger partial charge in [-0.05, 0) is 48.9 Å². The molecule has 0 radical (unpaired) electrons. The van der Waals surface area contributed by atoms with Gasteiger partial charge >= 0.3 is 0 Å². The number of hydrogen-bond acceptors (Lipinski definition) is 7. The summed E-state index contributed by atoms with van der Waals surface area (Å²) in [6.07, 6.45) is 3.17. The molecule has 0 N–H and O–H groups in total. The first-order valence-electron chi connectivity index (χ1n) is 10.4. The Bertz CT molecular complexity index is 1050. The maximum atomic E-state index is 12.6. The van der Waals surface area contributed by atoms with Gasteiger partial charge in [-0.15, -0.1) is 10.2 Å². The monoisotopic (exact) mass is 437 g/mol. The fourth-order valence-electron chi connectivity index (χ4n) is 3.96. The van der Waals surface area contributed by atoms with E-state index in [-0.39, 0.29) is 12.7 Å². The normalized spacial score (nSPS) is 15.9. The number of carbonyl (C=O) groups is 1. The molecule has 1 amide bonds. The highest BCUT2D eigenvalue weighted by Crippen LogP contribution is 2.36. The van der Waals surface area contributed by atoms with Crippen LogP contribution in [-0.2, 0) is 11.2 Å². The molecule has 5 rings (SSSR count). The molecule has 1 saturated heterocycles. The lowest BCUT2D eigenvalue weighted by Gasteiger charge is -2.32. The molecule has 0 atom stereocenters. The van der Waals surface area contributed by atoms with Gasteiger partial charge in [0, 0.05) is 18.7 Å². The number of benzene rings is 2. The van der Waals surface area contributed by atoms with Gasteiger partial charge in [-0.1, -0.05) is 42.1 Å². The van der Waals surface area contributed by atoms with E-state index in [4.69, 9.17) is 13.9 Å². The van der Waals surface area contributed by atoms with Crippen molar-refractivity contribution in [3.8, 4) is 23.0 Å². The average molecular weight is 438 g/mol. The second-order valence-corrected chi connectivity index (χ2v) is 8.67. The van der Waals surface area contributed by atoms with E-state index in [1.54, 1.807) is 0 Å². The zero-order chi connectivity index (χ0) is 21.0. The molecular formula is C23H23N3O4S. The van der Waals surface area contributed by atoms with Gasteiger partial charge in [0.25, 0.3) is 5.22 Å². The molecule has 0 saturated carbocycles. The van der Waals surface area contributed by atoms with Crippen molar-refractivity contribution < 1.29 is 18.7 Å². The maximum absolute atomic E-state index is 12.6. The number of carbonyl (C=O) groups excluding carboxylic acids is 1. The van der Waals surface area contributed by atoms with E-state index in [1.165, 1.54) is 17.3 Å². The average Bonchev–Trinajstić information content (AvgIpc) is 3.48. The van der Waals surface area contributed by atoms with Crippen molar-refractivity contribution in [3.05, 3.63) is 54.1 Å². The minimum absolute atomic E-state index is 0.117. The lowest BCUT2D eigenvalue weighted by Crippen LogP contribution is -2.39. The summed E-state index contributed by atoms with van der Waals surface area (Å²) in [6.45, 7) is 1.84. The molecule has 0 bridgehead atoms. The number of piperidine rings is 1. The Morgan fingerprint density at radius 2 is 1.84 bits per heavy atom. The minimum Gasteiger partial charge on any atom is -0.454 e. The highest BCUT2D eigenvalue weighted by molar-refractivity contribution is 7.99. The second-order valence-electron chi connectivity index (χ2n) is 7.74. The first kappa shape index (κ1) is 19.9. The number of amides is 1. The Hall–Kier alpha value is -3.00. The van der Waals surface area contributed by atoms with Crippen LogP contribution in [0.1, 0.15) is 18.4 Å². The highest BCUT2D eigenvalue weighted by Gasteiger charge is 2.24. The van der Waals surface area contributed by atoms with Crippen LogP contribution in [0.3, 0.4) is 0 Å². The van der Waals surface area contributed by atoms with Crippen LogP contribution >= 0.6 is 11.8 Å². The molecule has 0 spiro atoms. The van der Waals surface area contributed by atoms with E-state index in [0.29, 0.717) is 34.3 Å². The molecule has 160 valence electrons. The van der Waals surface area contributed by atoms with Gasteiger partial charge in [-0.3, -0.25) is 4.79 Å². The third kappa shape index (κ3) is 4.69. The van der Waals surface area contributed by atoms with E-state index in [9.17, 15) is 4.79 Å².